The Morgan fingerprint density at radius 3 is 2.62 bits per heavy atom. The van der Waals surface area contributed by atoms with Crippen molar-refractivity contribution in [1.29, 1.82) is 0 Å². The number of anilines is 1. The van der Waals surface area contributed by atoms with Crippen LogP contribution in [-0.4, -0.2) is 19.0 Å². The number of amides is 1. The lowest BCUT2D eigenvalue weighted by Crippen LogP contribution is -2.28. The summed E-state index contributed by atoms with van der Waals surface area (Å²) in [6, 6.07) is 15.5. The van der Waals surface area contributed by atoms with Crippen molar-refractivity contribution in [3.8, 4) is 11.5 Å². The van der Waals surface area contributed by atoms with Crippen LogP contribution in [0, 0.1) is 12.8 Å². The van der Waals surface area contributed by atoms with Crippen LogP contribution >= 0.6 is 12.4 Å². The minimum Gasteiger partial charge on any atom is -0.455 e. The third kappa shape index (κ3) is 6.04. The normalized spacial score (nSPS) is 14.3. The molecule has 2 N–H and O–H groups in total. The second-order valence-electron chi connectivity index (χ2n) is 6.69. The molecule has 1 amide bonds. The molecule has 3 rings (SSSR count). The molecule has 1 aliphatic heterocycles. The zero-order valence-electron chi connectivity index (χ0n) is 15.2. The number of para-hydroxylation sites is 1. The van der Waals surface area contributed by atoms with E-state index >= 15 is 0 Å². The molecule has 2 aromatic carbocycles. The Bertz CT molecular complexity index is 700. The van der Waals surface area contributed by atoms with Crippen molar-refractivity contribution in [3.63, 3.8) is 0 Å². The predicted molar refractivity (Wildman–Crippen MR) is 108 cm³/mol. The van der Waals surface area contributed by atoms with Crippen LogP contribution in [-0.2, 0) is 4.79 Å². The minimum atomic E-state index is 0. The molecule has 2 aromatic rings. The zero-order chi connectivity index (χ0) is 17.5. The molecule has 1 aliphatic rings. The fourth-order valence-corrected chi connectivity index (χ4v) is 3.16. The van der Waals surface area contributed by atoms with E-state index in [-0.39, 0.29) is 18.3 Å². The van der Waals surface area contributed by atoms with Gasteiger partial charge in [-0.1, -0.05) is 24.3 Å². The lowest BCUT2D eigenvalue weighted by molar-refractivity contribution is -0.116. The van der Waals surface area contributed by atoms with Crippen LogP contribution < -0.4 is 15.4 Å². The summed E-state index contributed by atoms with van der Waals surface area (Å²) < 4.78 is 5.94. The Kier molecular flexibility index (Phi) is 7.95. The van der Waals surface area contributed by atoms with Gasteiger partial charge >= 0.3 is 0 Å². The van der Waals surface area contributed by atoms with Crippen molar-refractivity contribution in [2.45, 2.75) is 32.6 Å². The summed E-state index contributed by atoms with van der Waals surface area (Å²) in [6.07, 6.45) is 3.85. The van der Waals surface area contributed by atoms with Gasteiger partial charge in [-0.05, 0) is 75.0 Å². The van der Waals surface area contributed by atoms with Crippen LogP contribution in [0.15, 0.2) is 48.5 Å². The van der Waals surface area contributed by atoms with Crippen LogP contribution in [0.25, 0.3) is 0 Å². The van der Waals surface area contributed by atoms with Crippen molar-refractivity contribution < 1.29 is 9.53 Å². The highest BCUT2D eigenvalue weighted by molar-refractivity contribution is 5.92. The number of halogens is 1. The van der Waals surface area contributed by atoms with E-state index in [0.717, 1.165) is 36.5 Å². The number of ether oxygens (including phenoxy) is 1. The van der Waals surface area contributed by atoms with E-state index in [2.05, 4.69) is 10.6 Å². The predicted octanol–water partition coefficient (Wildman–Crippen LogP) is 4.93. The van der Waals surface area contributed by atoms with E-state index in [1.165, 1.54) is 12.8 Å². The largest absolute Gasteiger partial charge is 0.455 e. The first-order chi connectivity index (χ1) is 12.2. The van der Waals surface area contributed by atoms with E-state index in [9.17, 15) is 4.79 Å². The van der Waals surface area contributed by atoms with Gasteiger partial charge in [0, 0.05) is 6.42 Å². The van der Waals surface area contributed by atoms with Gasteiger partial charge in [-0.25, -0.2) is 0 Å². The van der Waals surface area contributed by atoms with Crippen molar-refractivity contribution >= 4 is 24.0 Å². The van der Waals surface area contributed by atoms with Gasteiger partial charge in [0.25, 0.3) is 0 Å². The van der Waals surface area contributed by atoms with Crippen LogP contribution in [0.4, 0.5) is 5.69 Å². The molecule has 5 heteroatoms. The minimum absolute atomic E-state index is 0. The number of hydrogen-bond donors (Lipinski definition) is 2. The summed E-state index contributed by atoms with van der Waals surface area (Å²) in [5.74, 6) is 2.15. The highest BCUT2D eigenvalue weighted by atomic mass is 35.5. The Hall–Kier alpha value is -2.04. The monoisotopic (exact) mass is 374 g/mol. The molecule has 1 heterocycles. The van der Waals surface area contributed by atoms with Crippen molar-refractivity contribution in [1.82, 2.24) is 5.32 Å². The van der Waals surface area contributed by atoms with E-state index in [0.29, 0.717) is 18.1 Å². The fraction of sp³-hybridized carbons (Fsp3) is 0.381. The Morgan fingerprint density at radius 1 is 1.15 bits per heavy atom. The van der Waals surface area contributed by atoms with E-state index in [4.69, 9.17) is 4.74 Å². The van der Waals surface area contributed by atoms with Crippen molar-refractivity contribution in [2.24, 2.45) is 5.92 Å². The van der Waals surface area contributed by atoms with Crippen LogP contribution in [0.3, 0.4) is 0 Å². The van der Waals surface area contributed by atoms with Gasteiger partial charge in [0.1, 0.15) is 5.75 Å². The van der Waals surface area contributed by atoms with Gasteiger partial charge in [0.05, 0.1) is 5.69 Å². The van der Waals surface area contributed by atoms with Crippen LogP contribution in [0.1, 0.15) is 31.2 Å². The number of benzene rings is 2. The van der Waals surface area contributed by atoms with Crippen molar-refractivity contribution in [2.75, 3.05) is 18.4 Å². The van der Waals surface area contributed by atoms with Gasteiger partial charge in [-0.3, -0.25) is 4.79 Å². The van der Waals surface area contributed by atoms with Crippen LogP contribution in [0.2, 0.25) is 0 Å². The maximum absolute atomic E-state index is 12.4. The first-order valence-electron chi connectivity index (χ1n) is 9.05. The summed E-state index contributed by atoms with van der Waals surface area (Å²) >= 11 is 0. The molecule has 0 aromatic heterocycles. The number of aryl methyl sites for hydroxylation is 1. The summed E-state index contributed by atoms with van der Waals surface area (Å²) in [5, 5.41) is 6.39. The SMILES string of the molecule is Cc1ccc(Oc2ccccc2)c(NC(=O)CCC2CCNCC2)c1.Cl. The standard InChI is InChI=1S/C21H26N2O2.ClH/c1-16-7-9-20(25-18-5-3-2-4-6-18)19(15-16)23-21(24)10-8-17-11-13-22-14-12-17;/h2-7,9,15,17,22H,8,10-14H2,1H3,(H,23,24);1H. The molecule has 0 atom stereocenters. The van der Waals surface area contributed by atoms with Crippen LogP contribution in [0.5, 0.6) is 11.5 Å². The summed E-state index contributed by atoms with van der Waals surface area (Å²) in [6.45, 7) is 4.15. The lowest BCUT2D eigenvalue weighted by atomic mass is 9.93. The molecule has 0 bridgehead atoms. The second-order valence-corrected chi connectivity index (χ2v) is 6.69. The smallest absolute Gasteiger partial charge is 0.224 e. The molecule has 0 unspecified atom stereocenters. The molecule has 1 fully saturated rings. The molecule has 0 spiro atoms. The zero-order valence-corrected chi connectivity index (χ0v) is 16.0. The molecule has 0 aliphatic carbocycles. The Morgan fingerprint density at radius 2 is 1.88 bits per heavy atom. The molecular weight excluding hydrogens is 348 g/mol. The average molecular weight is 375 g/mol. The number of carbonyl (C=O) groups is 1. The summed E-state index contributed by atoms with van der Waals surface area (Å²) in [7, 11) is 0. The number of nitrogens with one attached hydrogen (secondary N) is 2. The molecule has 0 saturated carbocycles. The van der Waals surface area contributed by atoms with Gasteiger partial charge in [0.15, 0.2) is 5.75 Å². The quantitative estimate of drug-likeness (QED) is 0.753. The first-order valence-corrected chi connectivity index (χ1v) is 9.05. The van der Waals surface area contributed by atoms with Gasteiger partial charge < -0.3 is 15.4 Å². The number of piperidine rings is 1. The Balaban J connectivity index is 0.00000243. The van der Waals surface area contributed by atoms with Gasteiger partial charge in [0.2, 0.25) is 5.91 Å². The van der Waals surface area contributed by atoms with Crippen molar-refractivity contribution in [3.05, 3.63) is 54.1 Å². The lowest BCUT2D eigenvalue weighted by Gasteiger charge is -2.22. The number of carbonyl (C=O) groups excluding carboxylic acids is 1. The molecule has 26 heavy (non-hydrogen) atoms. The molecular formula is C21H27ClN2O2. The maximum Gasteiger partial charge on any atom is 0.224 e. The number of rotatable bonds is 6. The molecule has 4 nitrogen and oxygen atoms in total. The third-order valence-electron chi connectivity index (χ3n) is 4.62. The topological polar surface area (TPSA) is 50.4 Å². The summed E-state index contributed by atoms with van der Waals surface area (Å²) in [4.78, 5) is 12.4. The second kappa shape index (κ2) is 10.2. The maximum atomic E-state index is 12.4. The molecule has 140 valence electrons. The highest BCUT2D eigenvalue weighted by Crippen LogP contribution is 2.30. The van der Waals surface area contributed by atoms with E-state index in [1.807, 2.05) is 55.5 Å². The van der Waals surface area contributed by atoms with Gasteiger partial charge in [-0.15, -0.1) is 12.4 Å². The average Bonchev–Trinajstić information content (AvgIpc) is 2.64. The summed E-state index contributed by atoms with van der Waals surface area (Å²) in [5.41, 5.74) is 1.83. The van der Waals surface area contributed by atoms with E-state index in [1.54, 1.807) is 0 Å². The first kappa shape index (κ1) is 20.3. The number of hydrogen-bond acceptors (Lipinski definition) is 3. The molecule has 0 radical (unpaired) electrons. The van der Waals surface area contributed by atoms with Gasteiger partial charge in [-0.2, -0.15) is 0 Å². The van der Waals surface area contributed by atoms with E-state index < -0.39 is 0 Å². The molecule has 1 saturated heterocycles. The third-order valence-corrected chi connectivity index (χ3v) is 4.62. The highest BCUT2D eigenvalue weighted by Gasteiger charge is 2.15. The Labute approximate surface area is 161 Å². The fourth-order valence-electron chi connectivity index (χ4n) is 3.16.